The van der Waals surface area contributed by atoms with Crippen LogP contribution in [0.3, 0.4) is 0 Å². The smallest absolute Gasteiger partial charge is 0.0308 e. The van der Waals surface area contributed by atoms with Gasteiger partial charge in [-0.25, -0.2) is 0 Å². The first-order valence-corrected chi connectivity index (χ1v) is 17.2. The van der Waals surface area contributed by atoms with Gasteiger partial charge in [0.25, 0.3) is 0 Å². The van der Waals surface area contributed by atoms with Gasteiger partial charge in [0.05, 0.1) is 0 Å². The molecule has 0 spiro atoms. The number of hydrogen-bond acceptors (Lipinski definition) is 0. The van der Waals surface area contributed by atoms with Crippen molar-refractivity contribution in [2.75, 3.05) is 0 Å². The average Bonchev–Trinajstić information content (AvgIpc) is 3.29. The second kappa shape index (κ2) is 13.6. The van der Waals surface area contributed by atoms with Gasteiger partial charge in [-0.3, -0.25) is 0 Å². The van der Waals surface area contributed by atoms with Crippen LogP contribution in [0.25, 0.3) is 32.3 Å². The van der Waals surface area contributed by atoms with Crippen LogP contribution in [0.2, 0.25) is 13.1 Å². The molecule has 33 heavy (non-hydrogen) atoms. The van der Waals surface area contributed by atoms with Crippen molar-refractivity contribution in [1.82, 2.24) is 0 Å². The largest absolute Gasteiger partial charge is 1.00 e. The van der Waals surface area contributed by atoms with Crippen LogP contribution in [0.1, 0.15) is 36.5 Å². The summed E-state index contributed by atoms with van der Waals surface area (Å²) in [6.45, 7) is 13.5. The first-order chi connectivity index (χ1) is 14.8. The van der Waals surface area contributed by atoms with Crippen molar-refractivity contribution in [1.29, 1.82) is 0 Å². The molecule has 0 bridgehead atoms. The molecule has 0 fully saturated rings. The van der Waals surface area contributed by atoms with Crippen molar-refractivity contribution in [2.45, 2.75) is 46.7 Å². The van der Waals surface area contributed by atoms with Crippen LogP contribution < -0.4 is 24.8 Å². The molecule has 0 amide bonds. The summed E-state index contributed by atoms with van der Waals surface area (Å²) in [6, 6.07) is 28.4. The van der Waals surface area contributed by atoms with Gasteiger partial charge in [-0.05, 0) is 5.92 Å². The first-order valence-electron chi connectivity index (χ1n) is 11.0. The number of aryl methyl sites for hydroxylation is 2. The fourth-order valence-corrected chi connectivity index (χ4v) is 4.02. The Morgan fingerprint density at radius 1 is 0.727 bits per heavy atom. The maximum atomic E-state index is 2.31. The third-order valence-electron chi connectivity index (χ3n) is 5.43. The van der Waals surface area contributed by atoms with Gasteiger partial charge in [-0.2, -0.15) is 6.07 Å². The normalized spacial score (nSPS) is 10.1. The minimum absolute atomic E-state index is 0. The zero-order valence-electron chi connectivity index (χ0n) is 20.3. The van der Waals surface area contributed by atoms with Crippen molar-refractivity contribution < 1.29 is 48.1 Å². The van der Waals surface area contributed by atoms with Gasteiger partial charge in [0.1, 0.15) is 0 Å². The standard InChI is InChI=1S/C14H17.C13H9.C2H6Si.2ClH.Zr/c1-9(2)12-6-5-11(4)13-7-10(3)8-14(12)13;1-3-7-12-10(5-1)9-11-6-2-4-8-13(11)12;1-3-2;;;/h5-9H,1-4H3;1-9H;1-2H3;2*1H;/q2*-1;;;;+2/p-2. The Morgan fingerprint density at radius 3 is 1.70 bits per heavy atom. The third-order valence-corrected chi connectivity index (χ3v) is 5.43. The fraction of sp³-hybridized carbons (Fsp3) is 0.241. The van der Waals surface area contributed by atoms with Gasteiger partial charge in [0.15, 0.2) is 0 Å². The van der Waals surface area contributed by atoms with Gasteiger partial charge in [-0.1, -0.05) is 75.7 Å². The number of benzene rings is 3. The molecule has 0 saturated heterocycles. The third kappa shape index (κ3) is 7.66. The van der Waals surface area contributed by atoms with Gasteiger partial charge >= 0.3 is 41.9 Å². The molecule has 0 aliphatic heterocycles. The predicted molar refractivity (Wildman–Crippen MR) is 138 cm³/mol. The van der Waals surface area contributed by atoms with Crippen LogP contribution in [0.15, 0.2) is 78.9 Å². The van der Waals surface area contributed by atoms with Crippen LogP contribution in [-0.2, 0) is 23.3 Å². The zero-order valence-corrected chi connectivity index (χ0v) is 25.3. The fourth-order valence-electron chi connectivity index (χ4n) is 4.02. The van der Waals surface area contributed by atoms with Crippen molar-refractivity contribution in [3.8, 4) is 0 Å². The Kier molecular flexibility index (Phi) is 12.3. The summed E-state index contributed by atoms with van der Waals surface area (Å²) < 4.78 is 0. The molecular weight excluding hydrogens is 539 g/mol. The molecule has 0 saturated carbocycles. The SMILES string of the molecule is C[Si](C)=[Zr+2].Cc1cc2c(C(C)C)ccc(C)c2[cH-]1.[Cl-].[Cl-].c1ccc2c(c1)[cH-]c1ccccc12. The summed E-state index contributed by atoms with van der Waals surface area (Å²) in [6.07, 6.45) is 0. The van der Waals surface area contributed by atoms with Gasteiger partial charge in [0, 0.05) is 0 Å². The van der Waals surface area contributed by atoms with E-state index < -0.39 is 0 Å². The average molecular weight is 571 g/mol. The van der Waals surface area contributed by atoms with E-state index in [0.717, 1.165) is 0 Å². The van der Waals surface area contributed by atoms with E-state index in [-0.39, 0.29) is 30.2 Å². The maximum Gasteiger partial charge on any atom is -0.0308 e. The van der Waals surface area contributed by atoms with Crippen LogP contribution in [-0.4, -0.2) is 5.43 Å². The molecule has 0 aliphatic carbocycles. The van der Waals surface area contributed by atoms with Crippen molar-refractivity contribution in [3.63, 3.8) is 0 Å². The Hall–Kier alpha value is -1.18. The molecule has 0 nitrogen and oxygen atoms in total. The molecule has 4 heteroatoms. The van der Waals surface area contributed by atoms with Crippen LogP contribution in [0.5, 0.6) is 0 Å². The first kappa shape index (κ1) is 29.9. The van der Waals surface area contributed by atoms with E-state index in [0.29, 0.717) is 5.92 Å². The van der Waals surface area contributed by atoms with Gasteiger partial charge < -0.3 is 24.8 Å². The summed E-state index contributed by atoms with van der Waals surface area (Å²) in [5.74, 6) is 0.611. The van der Waals surface area contributed by atoms with Gasteiger partial charge in [0.2, 0.25) is 0 Å². The topological polar surface area (TPSA) is 0 Å². The van der Waals surface area contributed by atoms with E-state index >= 15 is 0 Å². The number of halogens is 2. The molecule has 5 rings (SSSR count). The Morgan fingerprint density at radius 2 is 1.21 bits per heavy atom. The Labute approximate surface area is 226 Å². The minimum Gasteiger partial charge on any atom is -1.00 e. The summed E-state index contributed by atoms with van der Waals surface area (Å²) in [5, 5.41) is 8.26. The van der Waals surface area contributed by atoms with Crippen LogP contribution in [0, 0.1) is 13.8 Å². The van der Waals surface area contributed by atoms with Crippen LogP contribution >= 0.6 is 0 Å². The van der Waals surface area contributed by atoms with Crippen molar-refractivity contribution in [3.05, 3.63) is 95.6 Å². The van der Waals surface area contributed by atoms with Crippen molar-refractivity contribution >= 4 is 37.8 Å². The monoisotopic (exact) mass is 568 g/mol. The molecule has 5 aromatic rings. The number of rotatable bonds is 1. The summed E-state index contributed by atoms with van der Waals surface area (Å²) in [7, 11) is 0. The Bertz CT molecular complexity index is 1270. The molecule has 172 valence electrons. The van der Waals surface area contributed by atoms with E-state index in [1.165, 1.54) is 49.0 Å². The van der Waals surface area contributed by atoms with E-state index in [9.17, 15) is 0 Å². The summed E-state index contributed by atoms with van der Waals surface area (Å²) in [5.41, 5.74) is 4.44. The number of hydrogen-bond donors (Lipinski definition) is 0. The number of fused-ring (bicyclic) bond motifs is 4. The molecule has 0 unspecified atom stereocenters. The van der Waals surface area contributed by atoms with E-state index in [4.69, 9.17) is 0 Å². The predicted octanol–water partition coefficient (Wildman–Crippen LogP) is 2.80. The molecule has 0 radical (unpaired) electrons. The second-order valence-electron chi connectivity index (χ2n) is 8.81. The molecule has 0 atom stereocenters. The second-order valence-corrected chi connectivity index (χ2v) is 18.2. The summed E-state index contributed by atoms with van der Waals surface area (Å²) in [4.78, 5) is 0. The van der Waals surface area contributed by atoms with Crippen molar-refractivity contribution in [2.24, 2.45) is 0 Å². The van der Waals surface area contributed by atoms with Gasteiger partial charge in [-0.15, -0.1) is 73.8 Å². The molecule has 0 heterocycles. The molecular formula is C29H32Cl2SiZr-2. The molecule has 0 aliphatic rings. The molecule has 0 aromatic heterocycles. The quantitative estimate of drug-likeness (QED) is 0.215. The van der Waals surface area contributed by atoms with Crippen LogP contribution in [0.4, 0.5) is 0 Å². The molecule has 5 aromatic carbocycles. The summed E-state index contributed by atoms with van der Waals surface area (Å²) >= 11 is 1.74. The zero-order chi connectivity index (χ0) is 22.5. The Balaban J connectivity index is 0.000000271. The molecule has 0 N–H and O–H groups in total. The minimum atomic E-state index is 0. The maximum absolute atomic E-state index is 2.31. The van der Waals surface area contributed by atoms with E-state index in [1.54, 1.807) is 23.3 Å². The van der Waals surface area contributed by atoms with E-state index in [1.807, 2.05) is 0 Å². The van der Waals surface area contributed by atoms with E-state index in [2.05, 4.69) is 120 Å².